The van der Waals surface area contributed by atoms with E-state index in [1.54, 1.807) is 30.3 Å². The molecular formula is C22H15ClF6N2O. The summed E-state index contributed by atoms with van der Waals surface area (Å²) in [7, 11) is 0. The number of alkyl halides is 6. The van der Waals surface area contributed by atoms with Crippen LogP contribution in [0.25, 0.3) is 11.1 Å². The fourth-order valence-electron chi connectivity index (χ4n) is 3.07. The molecule has 2 aromatic carbocycles. The second kappa shape index (κ2) is 9.20. The average molecular weight is 473 g/mol. The highest BCUT2D eigenvalue weighted by molar-refractivity contribution is 6.33. The van der Waals surface area contributed by atoms with Crippen LogP contribution in [0.5, 0.6) is 0 Å². The number of pyridine rings is 1. The minimum Gasteiger partial charge on any atom is -0.352 e. The number of carbonyl (C=O) groups excluding carboxylic acids is 1. The lowest BCUT2D eigenvalue weighted by Gasteiger charge is -2.15. The molecule has 0 bridgehead atoms. The van der Waals surface area contributed by atoms with Crippen LogP contribution in [0.3, 0.4) is 0 Å². The Labute approximate surface area is 184 Å². The molecule has 0 atom stereocenters. The normalized spacial score (nSPS) is 12.0. The van der Waals surface area contributed by atoms with Crippen LogP contribution in [-0.4, -0.2) is 17.4 Å². The van der Waals surface area contributed by atoms with Crippen LogP contribution in [0.1, 0.15) is 27.0 Å². The minimum absolute atomic E-state index is 0.0631. The average Bonchev–Trinajstić information content (AvgIpc) is 2.72. The number of halogens is 7. The van der Waals surface area contributed by atoms with Gasteiger partial charge in [0.25, 0.3) is 5.91 Å². The largest absolute Gasteiger partial charge is 0.416 e. The highest BCUT2D eigenvalue weighted by atomic mass is 35.5. The second-order valence-electron chi connectivity index (χ2n) is 6.82. The molecule has 0 aliphatic heterocycles. The monoisotopic (exact) mass is 472 g/mol. The number of hydrogen-bond donors (Lipinski definition) is 1. The molecule has 3 nitrogen and oxygen atoms in total. The van der Waals surface area contributed by atoms with Gasteiger partial charge >= 0.3 is 12.4 Å². The Morgan fingerprint density at radius 3 is 2.12 bits per heavy atom. The third kappa shape index (κ3) is 5.59. The van der Waals surface area contributed by atoms with Crippen LogP contribution in [0, 0.1) is 0 Å². The van der Waals surface area contributed by atoms with Gasteiger partial charge in [0.15, 0.2) is 0 Å². The molecule has 3 aromatic rings. The fourth-order valence-corrected chi connectivity index (χ4v) is 3.31. The summed E-state index contributed by atoms with van der Waals surface area (Å²) in [4.78, 5) is 16.5. The number of carbonyl (C=O) groups is 1. The molecule has 1 aromatic heterocycles. The highest BCUT2D eigenvalue weighted by Crippen LogP contribution is 2.36. The smallest absolute Gasteiger partial charge is 0.352 e. The van der Waals surface area contributed by atoms with Gasteiger partial charge in [0.2, 0.25) is 0 Å². The van der Waals surface area contributed by atoms with Crippen molar-refractivity contribution >= 4 is 17.5 Å². The van der Waals surface area contributed by atoms with E-state index in [4.69, 9.17) is 11.6 Å². The van der Waals surface area contributed by atoms with Gasteiger partial charge in [-0.05, 0) is 47.9 Å². The van der Waals surface area contributed by atoms with Crippen molar-refractivity contribution in [3.63, 3.8) is 0 Å². The van der Waals surface area contributed by atoms with Crippen LogP contribution in [0.4, 0.5) is 26.3 Å². The van der Waals surface area contributed by atoms with Gasteiger partial charge in [0.05, 0.1) is 16.7 Å². The Bertz CT molecular complexity index is 1100. The molecule has 3 rings (SSSR count). The van der Waals surface area contributed by atoms with Crippen molar-refractivity contribution in [1.82, 2.24) is 10.3 Å². The molecule has 1 amide bonds. The fraction of sp³-hybridized carbons (Fsp3) is 0.182. The van der Waals surface area contributed by atoms with Crippen molar-refractivity contribution in [2.75, 3.05) is 6.54 Å². The lowest BCUT2D eigenvalue weighted by atomic mass is 10.0. The summed E-state index contributed by atoms with van der Waals surface area (Å²) in [5.41, 5.74) is -1.77. The summed E-state index contributed by atoms with van der Waals surface area (Å²) in [6, 6.07) is 9.72. The summed E-state index contributed by atoms with van der Waals surface area (Å²) in [6.07, 6.45) is -7.32. The summed E-state index contributed by atoms with van der Waals surface area (Å²) in [6.45, 7) is -0.186. The number of nitrogens with zero attached hydrogens (tertiary/aromatic N) is 1. The van der Waals surface area contributed by atoms with Crippen LogP contribution in [0.2, 0.25) is 5.02 Å². The Balaban J connectivity index is 1.78. The molecule has 1 N–H and O–H groups in total. The Hall–Kier alpha value is -3.07. The summed E-state index contributed by atoms with van der Waals surface area (Å²) in [5.74, 6) is -0.587. The van der Waals surface area contributed by atoms with E-state index in [1.807, 2.05) is 0 Å². The number of hydrogen-bond acceptors (Lipinski definition) is 2. The van der Waals surface area contributed by atoms with Gasteiger partial charge in [-0.3, -0.25) is 9.78 Å². The minimum atomic E-state index is -4.93. The predicted molar refractivity (Wildman–Crippen MR) is 107 cm³/mol. The molecule has 32 heavy (non-hydrogen) atoms. The zero-order chi connectivity index (χ0) is 23.5. The van der Waals surface area contributed by atoms with Crippen molar-refractivity contribution in [1.29, 1.82) is 0 Å². The van der Waals surface area contributed by atoms with E-state index in [0.29, 0.717) is 28.3 Å². The lowest BCUT2D eigenvalue weighted by molar-refractivity contribution is -0.143. The van der Waals surface area contributed by atoms with Crippen LogP contribution in [-0.2, 0) is 18.8 Å². The molecule has 0 fully saturated rings. The van der Waals surface area contributed by atoms with Crippen molar-refractivity contribution in [3.8, 4) is 11.1 Å². The number of rotatable bonds is 5. The maximum Gasteiger partial charge on any atom is 0.416 e. The Kier molecular flexibility index (Phi) is 6.78. The highest BCUT2D eigenvalue weighted by Gasteiger charge is 2.36. The van der Waals surface area contributed by atoms with Crippen LogP contribution >= 0.6 is 11.6 Å². The second-order valence-corrected chi connectivity index (χ2v) is 7.23. The molecule has 0 saturated heterocycles. The van der Waals surface area contributed by atoms with E-state index in [-0.39, 0.29) is 30.2 Å². The Morgan fingerprint density at radius 2 is 1.53 bits per heavy atom. The summed E-state index contributed by atoms with van der Waals surface area (Å²) < 4.78 is 77.9. The molecule has 0 radical (unpaired) electrons. The third-order valence-electron chi connectivity index (χ3n) is 4.58. The first-order chi connectivity index (χ1) is 15.0. The molecule has 0 saturated carbocycles. The molecule has 1 heterocycles. The zero-order valence-electron chi connectivity index (χ0n) is 16.2. The number of benzene rings is 2. The van der Waals surface area contributed by atoms with Crippen molar-refractivity contribution in [3.05, 3.63) is 88.2 Å². The number of amides is 1. The van der Waals surface area contributed by atoms with E-state index in [9.17, 15) is 31.1 Å². The quantitative estimate of drug-likeness (QED) is 0.436. The van der Waals surface area contributed by atoms with Gasteiger partial charge in [-0.15, -0.1) is 0 Å². The van der Waals surface area contributed by atoms with Gasteiger partial charge < -0.3 is 5.32 Å². The summed E-state index contributed by atoms with van der Waals surface area (Å²) >= 11 is 6.19. The molecule has 10 heteroatoms. The zero-order valence-corrected chi connectivity index (χ0v) is 16.9. The topological polar surface area (TPSA) is 42.0 Å². The van der Waals surface area contributed by atoms with E-state index >= 15 is 0 Å². The first kappa shape index (κ1) is 23.6. The third-order valence-corrected chi connectivity index (χ3v) is 4.91. The lowest BCUT2D eigenvalue weighted by Crippen LogP contribution is -2.26. The number of aromatic nitrogens is 1. The van der Waals surface area contributed by atoms with Gasteiger partial charge in [0, 0.05) is 29.5 Å². The SMILES string of the molecule is O=C(NCCc1cc(C(F)(F)F)cc(C(F)(F)F)c1)c1cnccc1-c1ccccc1Cl. The number of nitrogens with one attached hydrogen (secondary N) is 1. The first-order valence-corrected chi connectivity index (χ1v) is 9.60. The molecule has 0 spiro atoms. The van der Waals surface area contributed by atoms with Crippen molar-refractivity contribution in [2.24, 2.45) is 0 Å². The standard InChI is InChI=1S/C22H15ClF6N2O/c23-19-4-2-1-3-17(19)16-6-7-30-12-18(16)20(32)31-8-5-13-9-14(21(24,25)26)11-15(10-13)22(27,28)29/h1-4,6-7,9-12H,5,8H2,(H,31,32). The van der Waals surface area contributed by atoms with Gasteiger partial charge in [-0.1, -0.05) is 29.8 Å². The van der Waals surface area contributed by atoms with E-state index < -0.39 is 29.4 Å². The molecule has 168 valence electrons. The molecule has 0 aliphatic rings. The predicted octanol–water partition coefficient (Wildman–Crippen LogP) is 6.41. The van der Waals surface area contributed by atoms with E-state index in [2.05, 4.69) is 10.3 Å². The molecule has 0 aliphatic carbocycles. The Morgan fingerprint density at radius 1 is 0.906 bits per heavy atom. The van der Waals surface area contributed by atoms with E-state index in [1.165, 1.54) is 12.4 Å². The molecular weight excluding hydrogens is 458 g/mol. The molecule has 0 unspecified atom stereocenters. The van der Waals surface area contributed by atoms with Crippen LogP contribution < -0.4 is 5.32 Å². The van der Waals surface area contributed by atoms with Crippen molar-refractivity contribution < 1.29 is 31.1 Å². The van der Waals surface area contributed by atoms with E-state index in [0.717, 1.165) is 0 Å². The first-order valence-electron chi connectivity index (χ1n) is 9.22. The van der Waals surface area contributed by atoms with Gasteiger partial charge in [-0.2, -0.15) is 26.3 Å². The van der Waals surface area contributed by atoms with Gasteiger partial charge in [0.1, 0.15) is 0 Å². The maximum absolute atomic E-state index is 13.0. The maximum atomic E-state index is 13.0. The van der Waals surface area contributed by atoms with Crippen LogP contribution in [0.15, 0.2) is 60.9 Å². The van der Waals surface area contributed by atoms with Crippen molar-refractivity contribution in [2.45, 2.75) is 18.8 Å². The van der Waals surface area contributed by atoms with Gasteiger partial charge in [-0.25, -0.2) is 0 Å². The summed E-state index contributed by atoms with van der Waals surface area (Å²) in [5, 5.41) is 2.91.